The molecule has 0 aliphatic heterocycles. The van der Waals surface area contributed by atoms with Gasteiger partial charge in [0.05, 0.1) is 17.5 Å². The average molecular weight is 391 g/mol. The third kappa shape index (κ3) is 4.65. The molecule has 2 N–H and O–H groups in total. The number of hydrogen-bond donors (Lipinski definition) is 2. The molecule has 1 aromatic heterocycles. The Hall–Kier alpha value is -2.77. The lowest BCUT2D eigenvalue weighted by Gasteiger charge is -2.09. The molecule has 134 valence electrons. The first-order valence-electron chi connectivity index (χ1n) is 7.54. The maximum absolute atomic E-state index is 12.4. The monoisotopic (exact) mass is 390 g/mol. The van der Waals surface area contributed by atoms with Crippen molar-refractivity contribution < 1.29 is 17.6 Å². The molecule has 0 unspecified atom stereocenters. The summed E-state index contributed by atoms with van der Waals surface area (Å²) in [5.74, 6) is 0.171. The van der Waals surface area contributed by atoms with E-state index in [-0.39, 0.29) is 10.7 Å². The summed E-state index contributed by atoms with van der Waals surface area (Å²) in [6.07, 6.45) is 2.39. The molecule has 3 rings (SSSR count). The molecule has 0 atom stereocenters. The van der Waals surface area contributed by atoms with Gasteiger partial charge in [-0.1, -0.05) is 41.9 Å². The van der Waals surface area contributed by atoms with Gasteiger partial charge in [-0.15, -0.1) is 0 Å². The second-order valence-electron chi connectivity index (χ2n) is 5.62. The maximum atomic E-state index is 12.4. The number of furan rings is 1. The number of rotatable bonds is 5. The van der Waals surface area contributed by atoms with E-state index in [4.69, 9.17) is 16.0 Å². The molecule has 8 heteroatoms. The first-order valence-corrected chi connectivity index (χ1v) is 9.81. The molecule has 0 aliphatic carbocycles. The Morgan fingerprint density at radius 2 is 1.73 bits per heavy atom. The molecule has 0 bridgehead atoms. The van der Waals surface area contributed by atoms with Crippen molar-refractivity contribution in [2.45, 2.75) is 0 Å². The SMILES string of the molecule is CS(=O)(=O)Nc1cc(Cl)cc(NC(=O)c2coc(-c3ccccc3)c2)c1. The van der Waals surface area contributed by atoms with Crippen LogP contribution in [0.2, 0.25) is 5.02 Å². The Balaban J connectivity index is 1.79. The number of nitrogens with one attached hydrogen (secondary N) is 2. The first-order chi connectivity index (χ1) is 12.3. The number of amides is 1. The molecule has 1 amide bonds. The predicted molar refractivity (Wildman–Crippen MR) is 102 cm³/mol. The van der Waals surface area contributed by atoms with E-state index >= 15 is 0 Å². The van der Waals surface area contributed by atoms with Gasteiger partial charge in [-0.2, -0.15) is 0 Å². The van der Waals surface area contributed by atoms with Crippen molar-refractivity contribution in [3.63, 3.8) is 0 Å². The summed E-state index contributed by atoms with van der Waals surface area (Å²) in [6, 6.07) is 15.5. The zero-order valence-corrected chi connectivity index (χ0v) is 15.3. The number of carbonyl (C=O) groups is 1. The normalized spacial score (nSPS) is 11.2. The van der Waals surface area contributed by atoms with E-state index in [2.05, 4.69) is 10.0 Å². The van der Waals surface area contributed by atoms with Crippen molar-refractivity contribution in [2.75, 3.05) is 16.3 Å². The third-order valence-electron chi connectivity index (χ3n) is 3.38. The van der Waals surface area contributed by atoms with E-state index in [1.54, 1.807) is 6.07 Å². The lowest BCUT2D eigenvalue weighted by molar-refractivity contribution is 0.102. The molecule has 0 fully saturated rings. The average Bonchev–Trinajstić information content (AvgIpc) is 3.03. The Morgan fingerprint density at radius 1 is 1.04 bits per heavy atom. The summed E-state index contributed by atoms with van der Waals surface area (Å²) < 4.78 is 30.5. The van der Waals surface area contributed by atoms with Gasteiger partial charge in [0.25, 0.3) is 5.91 Å². The second kappa shape index (κ2) is 7.23. The smallest absolute Gasteiger partial charge is 0.258 e. The summed E-state index contributed by atoms with van der Waals surface area (Å²) in [4.78, 5) is 12.4. The fraction of sp³-hybridized carbons (Fsp3) is 0.0556. The highest BCUT2D eigenvalue weighted by atomic mass is 35.5. The Kier molecular flexibility index (Phi) is 5.01. The zero-order valence-electron chi connectivity index (χ0n) is 13.7. The molecule has 1 heterocycles. The van der Waals surface area contributed by atoms with Gasteiger partial charge < -0.3 is 9.73 Å². The first kappa shape index (κ1) is 18.0. The van der Waals surface area contributed by atoms with Crippen molar-refractivity contribution in [1.29, 1.82) is 0 Å². The highest BCUT2D eigenvalue weighted by Gasteiger charge is 2.13. The van der Waals surface area contributed by atoms with E-state index in [0.717, 1.165) is 11.8 Å². The van der Waals surface area contributed by atoms with Crippen LogP contribution in [0.1, 0.15) is 10.4 Å². The molecule has 0 radical (unpaired) electrons. The highest BCUT2D eigenvalue weighted by molar-refractivity contribution is 7.92. The number of benzene rings is 2. The molecule has 6 nitrogen and oxygen atoms in total. The molecule has 0 saturated carbocycles. The Morgan fingerprint density at radius 3 is 2.42 bits per heavy atom. The van der Waals surface area contributed by atoms with Crippen molar-refractivity contribution in [1.82, 2.24) is 0 Å². The standard InChI is InChI=1S/C18H15ClN2O4S/c1-26(23,24)21-16-9-14(19)8-15(10-16)20-18(22)13-7-17(25-11-13)12-5-3-2-4-6-12/h2-11,21H,1H3,(H,20,22). The zero-order chi connectivity index (χ0) is 18.7. The van der Waals surface area contributed by atoms with E-state index in [1.165, 1.54) is 24.5 Å². The van der Waals surface area contributed by atoms with Crippen LogP contribution >= 0.6 is 11.6 Å². The van der Waals surface area contributed by atoms with E-state index in [0.29, 0.717) is 17.0 Å². The summed E-state index contributed by atoms with van der Waals surface area (Å²) in [5.41, 5.74) is 1.80. The fourth-order valence-electron chi connectivity index (χ4n) is 2.35. The fourth-order valence-corrected chi connectivity index (χ4v) is 3.13. The van der Waals surface area contributed by atoms with E-state index < -0.39 is 15.9 Å². The van der Waals surface area contributed by atoms with Gasteiger partial charge in [0, 0.05) is 16.3 Å². The van der Waals surface area contributed by atoms with Gasteiger partial charge >= 0.3 is 0 Å². The van der Waals surface area contributed by atoms with Crippen LogP contribution in [0.15, 0.2) is 65.3 Å². The Labute approximate surface area is 155 Å². The van der Waals surface area contributed by atoms with Crippen LogP contribution < -0.4 is 10.0 Å². The topological polar surface area (TPSA) is 88.4 Å². The minimum absolute atomic E-state index is 0.257. The molecule has 0 aliphatic rings. The molecular formula is C18H15ClN2O4S. The number of anilines is 2. The summed E-state index contributed by atoms with van der Waals surface area (Å²) in [5, 5.41) is 2.96. The van der Waals surface area contributed by atoms with Gasteiger partial charge in [-0.25, -0.2) is 8.42 Å². The number of halogens is 1. The third-order valence-corrected chi connectivity index (χ3v) is 4.20. The van der Waals surface area contributed by atoms with Crippen LogP contribution in [0.25, 0.3) is 11.3 Å². The van der Waals surface area contributed by atoms with Crippen molar-refractivity contribution in [3.8, 4) is 11.3 Å². The van der Waals surface area contributed by atoms with Crippen molar-refractivity contribution in [2.24, 2.45) is 0 Å². The molecule has 2 aromatic carbocycles. The summed E-state index contributed by atoms with van der Waals surface area (Å²) in [6.45, 7) is 0. The number of carbonyl (C=O) groups excluding carboxylic acids is 1. The van der Waals surface area contributed by atoms with Gasteiger partial charge in [0.2, 0.25) is 10.0 Å². The van der Waals surface area contributed by atoms with Gasteiger partial charge in [-0.05, 0) is 24.3 Å². The largest absolute Gasteiger partial charge is 0.464 e. The van der Waals surface area contributed by atoms with Crippen molar-refractivity contribution in [3.05, 3.63) is 71.4 Å². The number of sulfonamides is 1. The molecule has 0 saturated heterocycles. The van der Waals surface area contributed by atoms with E-state index in [9.17, 15) is 13.2 Å². The second-order valence-corrected chi connectivity index (χ2v) is 7.81. The summed E-state index contributed by atoms with van der Waals surface area (Å²) >= 11 is 5.99. The molecule has 3 aromatic rings. The van der Waals surface area contributed by atoms with Crippen LogP contribution in [-0.4, -0.2) is 20.6 Å². The van der Waals surface area contributed by atoms with Gasteiger partial charge in [-0.3, -0.25) is 9.52 Å². The summed E-state index contributed by atoms with van der Waals surface area (Å²) in [7, 11) is -3.45. The van der Waals surface area contributed by atoms with Crippen molar-refractivity contribution >= 4 is 38.9 Å². The minimum Gasteiger partial charge on any atom is -0.464 e. The number of hydrogen-bond acceptors (Lipinski definition) is 4. The quantitative estimate of drug-likeness (QED) is 0.682. The van der Waals surface area contributed by atoms with Crippen LogP contribution in [0.3, 0.4) is 0 Å². The van der Waals surface area contributed by atoms with Crippen LogP contribution in [-0.2, 0) is 10.0 Å². The lowest BCUT2D eigenvalue weighted by Crippen LogP contribution is -2.12. The Bertz CT molecular complexity index is 1050. The van der Waals surface area contributed by atoms with E-state index in [1.807, 2.05) is 30.3 Å². The minimum atomic E-state index is -3.45. The molecular weight excluding hydrogens is 376 g/mol. The maximum Gasteiger partial charge on any atom is 0.258 e. The molecule has 26 heavy (non-hydrogen) atoms. The van der Waals surface area contributed by atoms with Crippen LogP contribution in [0.5, 0.6) is 0 Å². The van der Waals surface area contributed by atoms with Crippen LogP contribution in [0, 0.1) is 0 Å². The highest BCUT2D eigenvalue weighted by Crippen LogP contribution is 2.25. The van der Waals surface area contributed by atoms with Gasteiger partial charge in [0.1, 0.15) is 12.0 Å². The van der Waals surface area contributed by atoms with Gasteiger partial charge in [0.15, 0.2) is 0 Å². The molecule has 0 spiro atoms. The van der Waals surface area contributed by atoms with Crippen LogP contribution in [0.4, 0.5) is 11.4 Å². The predicted octanol–water partition coefficient (Wildman–Crippen LogP) is 4.22. The lowest BCUT2D eigenvalue weighted by atomic mass is 10.1.